The third-order valence-electron chi connectivity index (χ3n) is 2.31. The van der Waals surface area contributed by atoms with Crippen molar-refractivity contribution in [2.45, 2.75) is 32.2 Å². The predicted molar refractivity (Wildman–Crippen MR) is 69.8 cm³/mol. The van der Waals surface area contributed by atoms with Crippen LogP contribution in [-0.2, 0) is 0 Å². The lowest BCUT2D eigenvalue weighted by Crippen LogP contribution is -2.20. The van der Waals surface area contributed by atoms with Gasteiger partial charge in [0.25, 0.3) is 0 Å². The second-order valence-corrected chi connectivity index (χ2v) is 4.82. The van der Waals surface area contributed by atoms with Crippen LogP contribution in [0.1, 0.15) is 37.1 Å². The van der Waals surface area contributed by atoms with Crippen LogP contribution in [0, 0.1) is 0 Å². The summed E-state index contributed by atoms with van der Waals surface area (Å²) in [6.45, 7) is 6.85. The van der Waals surface area contributed by atoms with Crippen LogP contribution in [0.2, 0.25) is 5.02 Å². The number of unbranched alkanes of at least 4 members (excludes halogenated alkanes) is 1. The second-order valence-electron chi connectivity index (χ2n) is 3.46. The van der Waals surface area contributed by atoms with Crippen LogP contribution in [0.5, 0.6) is 0 Å². The lowest BCUT2D eigenvalue weighted by molar-refractivity contribution is 0.507. The second kappa shape index (κ2) is 7.04. The molecular weight excluding hydrogens is 226 g/mol. The van der Waals surface area contributed by atoms with Crippen LogP contribution in [0.15, 0.2) is 24.1 Å². The van der Waals surface area contributed by atoms with E-state index in [1.54, 1.807) is 11.3 Å². The van der Waals surface area contributed by atoms with Crippen molar-refractivity contribution in [3.8, 4) is 0 Å². The highest BCUT2D eigenvalue weighted by Crippen LogP contribution is 2.31. The standard InChI is InChI=1S/C12H18ClNS/c1-3-5-6-7-11(14-4-2)12-10(13)8-9-15-12/h3,8-9,11,14H,1,4-7H2,2H3. The first-order valence-electron chi connectivity index (χ1n) is 5.36. The molecule has 0 aliphatic rings. The summed E-state index contributed by atoms with van der Waals surface area (Å²) < 4.78 is 0. The van der Waals surface area contributed by atoms with E-state index in [0.29, 0.717) is 6.04 Å². The summed E-state index contributed by atoms with van der Waals surface area (Å²) in [6.07, 6.45) is 5.33. The van der Waals surface area contributed by atoms with Crippen molar-refractivity contribution >= 4 is 22.9 Å². The third-order valence-corrected chi connectivity index (χ3v) is 3.78. The topological polar surface area (TPSA) is 12.0 Å². The third kappa shape index (κ3) is 3.98. The maximum absolute atomic E-state index is 6.13. The van der Waals surface area contributed by atoms with Gasteiger partial charge in [-0.15, -0.1) is 17.9 Å². The number of allylic oxidation sites excluding steroid dienone is 1. The summed E-state index contributed by atoms with van der Waals surface area (Å²) in [5, 5.41) is 6.42. The van der Waals surface area contributed by atoms with Gasteiger partial charge in [0.2, 0.25) is 0 Å². The number of nitrogens with one attached hydrogen (secondary N) is 1. The molecule has 0 amide bonds. The molecule has 1 aromatic rings. The Hall–Kier alpha value is -0.310. The zero-order chi connectivity index (χ0) is 11.1. The van der Waals surface area contributed by atoms with Crippen molar-refractivity contribution in [3.05, 3.63) is 34.0 Å². The molecule has 1 rings (SSSR count). The lowest BCUT2D eigenvalue weighted by atomic mass is 10.1. The van der Waals surface area contributed by atoms with Crippen LogP contribution >= 0.6 is 22.9 Å². The monoisotopic (exact) mass is 243 g/mol. The maximum Gasteiger partial charge on any atom is 0.0561 e. The molecule has 15 heavy (non-hydrogen) atoms. The fraction of sp³-hybridized carbons (Fsp3) is 0.500. The van der Waals surface area contributed by atoms with E-state index in [2.05, 4.69) is 24.2 Å². The van der Waals surface area contributed by atoms with Gasteiger partial charge in [-0.25, -0.2) is 0 Å². The quantitative estimate of drug-likeness (QED) is 0.553. The maximum atomic E-state index is 6.13. The summed E-state index contributed by atoms with van der Waals surface area (Å²) >= 11 is 7.87. The summed E-state index contributed by atoms with van der Waals surface area (Å²) in [6, 6.07) is 2.38. The molecule has 0 saturated carbocycles. The van der Waals surface area contributed by atoms with Gasteiger partial charge in [-0.1, -0.05) is 24.6 Å². The zero-order valence-corrected chi connectivity index (χ0v) is 10.7. The highest BCUT2D eigenvalue weighted by Gasteiger charge is 2.14. The van der Waals surface area contributed by atoms with E-state index in [1.165, 1.54) is 4.88 Å². The minimum absolute atomic E-state index is 0.405. The Morgan fingerprint density at radius 1 is 1.67 bits per heavy atom. The molecule has 84 valence electrons. The summed E-state index contributed by atoms with van der Waals surface area (Å²) in [5.41, 5.74) is 0. The number of thiophene rings is 1. The van der Waals surface area contributed by atoms with E-state index < -0.39 is 0 Å². The van der Waals surface area contributed by atoms with Gasteiger partial charge < -0.3 is 5.32 Å². The normalized spacial score (nSPS) is 12.7. The van der Waals surface area contributed by atoms with Crippen LogP contribution in [0.3, 0.4) is 0 Å². The van der Waals surface area contributed by atoms with Gasteiger partial charge in [-0.3, -0.25) is 0 Å². The van der Waals surface area contributed by atoms with E-state index in [1.807, 2.05) is 12.1 Å². The van der Waals surface area contributed by atoms with Crippen molar-refractivity contribution in [1.29, 1.82) is 0 Å². The highest BCUT2D eigenvalue weighted by atomic mass is 35.5. The Labute approximate surface area is 101 Å². The van der Waals surface area contributed by atoms with Crippen molar-refractivity contribution in [1.82, 2.24) is 5.32 Å². The molecule has 1 nitrogen and oxygen atoms in total. The Balaban J connectivity index is 2.57. The number of hydrogen-bond acceptors (Lipinski definition) is 2. The van der Waals surface area contributed by atoms with E-state index in [4.69, 9.17) is 11.6 Å². The molecule has 1 N–H and O–H groups in total. The van der Waals surface area contributed by atoms with Gasteiger partial charge in [-0.2, -0.15) is 0 Å². The molecule has 0 bridgehead atoms. The van der Waals surface area contributed by atoms with Gasteiger partial charge >= 0.3 is 0 Å². The van der Waals surface area contributed by atoms with Crippen molar-refractivity contribution in [3.63, 3.8) is 0 Å². The van der Waals surface area contributed by atoms with Crippen molar-refractivity contribution in [2.75, 3.05) is 6.54 Å². The molecule has 0 radical (unpaired) electrons. The van der Waals surface area contributed by atoms with Crippen LogP contribution in [-0.4, -0.2) is 6.54 Å². The molecule has 0 aromatic carbocycles. The molecule has 0 fully saturated rings. The molecular formula is C12H18ClNS. The minimum atomic E-state index is 0.405. The number of halogens is 1. The van der Waals surface area contributed by atoms with E-state index in [9.17, 15) is 0 Å². The van der Waals surface area contributed by atoms with E-state index in [0.717, 1.165) is 30.8 Å². The molecule has 0 aliphatic carbocycles. The molecule has 1 atom stereocenters. The summed E-state index contributed by atoms with van der Waals surface area (Å²) in [7, 11) is 0. The number of rotatable bonds is 7. The Bertz CT molecular complexity index is 296. The molecule has 1 heterocycles. The SMILES string of the molecule is C=CCCCC(NCC)c1sccc1Cl. The van der Waals surface area contributed by atoms with Gasteiger partial charge in [0.05, 0.1) is 5.02 Å². The van der Waals surface area contributed by atoms with Gasteiger partial charge in [-0.05, 0) is 37.3 Å². The molecule has 1 unspecified atom stereocenters. The average Bonchev–Trinajstić information content (AvgIpc) is 2.64. The minimum Gasteiger partial charge on any atom is -0.309 e. The van der Waals surface area contributed by atoms with Crippen LogP contribution in [0.4, 0.5) is 0 Å². The van der Waals surface area contributed by atoms with Crippen LogP contribution < -0.4 is 5.32 Å². The Morgan fingerprint density at radius 3 is 3.00 bits per heavy atom. The van der Waals surface area contributed by atoms with Crippen LogP contribution in [0.25, 0.3) is 0 Å². The molecule has 1 aromatic heterocycles. The van der Waals surface area contributed by atoms with Gasteiger partial charge in [0, 0.05) is 10.9 Å². The smallest absolute Gasteiger partial charge is 0.0561 e. The van der Waals surface area contributed by atoms with E-state index >= 15 is 0 Å². The fourth-order valence-corrected chi connectivity index (χ4v) is 2.89. The Morgan fingerprint density at radius 2 is 2.47 bits per heavy atom. The van der Waals surface area contributed by atoms with Crippen molar-refractivity contribution in [2.24, 2.45) is 0 Å². The lowest BCUT2D eigenvalue weighted by Gasteiger charge is -2.16. The first-order chi connectivity index (χ1) is 7.29. The molecule has 0 spiro atoms. The predicted octanol–water partition coefficient (Wildman–Crippen LogP) is 4.41. The van der Waals surface area contributed by atoms with Gasteiger partial charge in [0.1, 0.15) is 0 Å². The van der Waals surface area contributed by atoms with E-state index in [-0.39, 0.29) is 0 Å². The first kappa shape index (κ1) is 12.8. The fourth-order valence-electron chi connectivity index (χ4n) is 1.59. The van der Waals surface area contributed by atoms with Gasteiger partial charge in [0.15, 0.2) is 0 Å². The summed E-state index contributed by atoms with van der Waals surface area (Å²) in [5.74, 6) is 0. The molecule has 0 aliphatic heterocycles. The molecule has 0 saturated heterocycles. The molecule has 3 heteroatoms. The largest absolute Gasteiger partial charge is 0.309 e. The van der Waals surface area contributed by atoms with Crippen molar-refractivity contribution < 1.29 is 0 Å². The summed E-state index contributed by atoms with van der Waals surface area (Å²) in [4.78, 5) is 1.27. The average molecular weight is 244 g/mol. The highest BCUT2D eigenvalue weighted by molar-refractivity contribution is 7.10. The number of hydrogen-bond donors (Lipinski definition) is 1. The Kier molecular flexibility index (Phi) is 5.99. The first-order valence-corrected chi connectivity index (χ1v) is 6.62. The zero-order valence-electron chi connectivity index (χ0n) is 9.13.